The van der Waals surface area contributed by atoms with Gasteiger partial charge in [-0.3, -0.25) is 0 Å². The van der Waals surface area contributed by atoms with Gasteiger partial charge in [0.1, 0.15) is 0 Å². The standard InChI is InChI=1S/C50H32N2S2/c1-3-12-35(13-4-1)51(36-14-5-2-6-15-36)40-22-26-44-46-31-39(24-28-49(46)54-50(44)32-40)52(38-23-27-48-45(30-38)43-17-9-10-18-47(43)53-48)37-21-25-42-34(29-37)20-19-33-11-7-8-16-41(33)42/h1-32H. The van der Waals surface area contributed by atoms with Crippen LogP contribution in [0.15, 0.2) is 194 Å². The fraction of sp³-hybridized carbons (Fsp3) is 0. The summed E-state index contributed by atoms with van der Waals surface area (Å²) in [6, 6.07) is 71.0. The van der Waals surface area contributed by atoms with Crippen LogP contribution in [0.2, 0.25) is 0 Å². The molecule has 2 heterocycles. The minimum atomic E-state index is 1.14. The SMILES string of the molecule is c1ccc(N(c2ccccc2)c2ccc3c(c2)sc2ccc(N(c4ccc5c(ccc6ccccc65)c4)c4ccc5sc6ccccc6c5c4)cc23)cc1. The summed E-state index contributed by atoms with van der Waals surface area (Å²) >= 11 is 3.72. The zero-order valence-electron chi connectivity index (χ0n) is 29.2. The Hall–Kier alpha value is -6.46. The molecule has 0 saturated carbocycles. The maximum atomic E-state index is 2.43. The Morgan fingerprint density at radius 2 is 0.685 bits per heavy atom. The lowest BCUT2D eigenvalue weighted by Crippen LogP contribution is -2.09. The van der Waals surface area contributed by atoms with E-state index in [1.165, 1.54) is 61.9 Å². The van der Waals surface area contributed by atoms with Crippen molar-refractivity contribution in [2.45, 2.75) is 0 Å². The van der Waals surface area contributed by atoms with Gasteiger partial charge < -0.3 is 9.80 Å². The molecule has 2 aromatic heterocycles. The molecule has 0 aliphatic rings. The Morgan fingerprint density at radius 3 is 1.39 bits per heavy atom. The molecule has 0 aliphatic carbocycles. The first kappa shape index (κ1) is 31.1. The van der Waals surface area contributed by atoms with E-state index < -0.39 is 0 Å². The molecule has 0 spiro atoms. The molecule has 0 N–H and O–H groups in total. The summed E-state index contributed by atoms with van der Waals surface area (Å²) < 4.78 is 5.17. The van der Waals surface area contributed by atoms with Crippen LogP contribution < -0.4 is 9.80 Å². The van der Waals surface area contributed by atoms with Crippen LogP contribution in [0.3, 0.4) is 0 Å². The molecule has 54 heavy (non-hydrogen) atoms. The molecule has 9 aromatic carbocycles. The van der Waals surface area contributed by atoms with Gasteiger partial charge in [-0.25, -0.2) is 0 Å². The third-order valence-corrected chi connectivity index (χ3v) is 12.9. The highest BCUT2D eigenvalue weighted by Crippen LogP contribution is 2.45. The van der Waals surface area contributed by atoms with E-state index in [1.807, 2.05) is 22.7 Å². The molecule has 0 fully saturated rings. The number of fused-ring (bicyclic) bond motifs is 9. The molecule has 0 unspecified atom stereocenters. The summed E-state index contributed by atoms with van der Waals surface area (Å²) in [5, 5.41) is 10.2. The molecule has 0 radical (unpaired) electrons. The average Bonchev–Trinajstić information content (AvgIpc) is 3.79. The quantitative estimate of drug-likeness (QED) is 0.158. The van der Waals surface area contributed by atoms with Crippen LogP contribution in [-0.4, -0.2) is 0 Å². The van der Waals surface area contributed by atoms with Crippen molar-refractivity contribution in [1.29, 1.82) is 0 Å². The molecular weight excluding hydrogens is 693 g/mol. The number of thiophene rings is 2. The second kappa shape index (κ2) is 12.6. The van der Waals surface area contributed by atoms with Crippen LogP contribution >= 0.6 is 22.7 Å². The van der Waals surface area contributed by atoms with Gasteiger partial charge in [-0.15, -0.1) is 22.7 Å². The number of hydrogen-bond acceptors (Lipinski definition) is 4. The van der Waals surface area contributed by atoms with Gasteiger partial charge in [0.25, 0.3) is 0 Å². The van der Waals surface area contributed by atoms with Crippen LogP contribution in [0.4, 0.5) is 34.1 Å². The number of benzene rings is 9. The van der Waals surface area contributed by atoms with Gasteiger partial charge >= 0.3 is 0 Å². The van der Waals surface area contributed by atoms with Gasteiger partial charge in [0.15, 0.2) is 0 Å². The summed E-state index contributed by atoms with van der Waals surface area (Å²) in [7, 11) is 0. The van der Waals surface area contributed by atoms with Crippen LogP contribution in [-0.2, 0) is 0 Å². The molecule has 4 heteroatoms. The Morgan fingerprint density at radius 1 is 0.241 bits per heavy atom. The fourth-order valence-corrected chi connectivity index (χ4v) is 10.3. The van der Waals surface area contributed by atoms with E-state index in [9.17, 15) is 0 Å². The van der Waals surface area contributed by atoms with Crippen molar-refractivity contribution >= 4 is 119 Å². The van der Waals surface area contributed by atoms with Crippen molar-refractivity contribution in [2.24, 2.45) is 0 Å². The maximum absolute atomic E-state index is 2.43. The molecule has 11 rings (SSSR count). The normalized spacial score (nSPS) is 11.7. The lowest BCUT2D eigenvalue weighted by Gasteiger charge is -2.26. The highest BCUT2D eigenvalue weighted by atomic mass is 32.1. The number of rotatable bonds is 6. The number of nitrogens with zero attached hydrogens (tertiary/aromatic N) is 2. The molecule has 0 saturated heterocycles. The minimum Gasteiger partial charge on any atom is -0.310 e. The van der Waals surface area contributed by atoms with Crippen molar-refractivity contribution in [3.63, 3.8) is 0 Å². The van der Waals surface area contributed by atoms with Crippen molar-refractivity contribution in [3.05, 3.63) is 194 Å². The van der Waals surface area contributed by atoms with Crippen LogP contribution in [0.5, 0.6) is 0 Å². The number of para-hydroxylation sites is 2. The van der Waals surface area contributed by atoms with Crippen LogP contribution in [0.1, 0.15) is 0 Å². The zero-order chi connectivity index (χ0) is 35.6. The van der Waals surface area contributed by atoms with E-state index in [0.29, 0.717) is 0 Å². The first-order chi connectivity index (χ1) is 26.7. The largest absolute Gasteiger partial charge is 0.310 e. The molecule has 11 aromatic rings. The molecule has 0 amide bonds. The zero-order valence-corrected chi connectivity index (χ0v) is 30.8. The Labute approximate surface area is 321 Å². The maximum Gasteiger partial charge on any atom is 0.0476 e. The first-order valence-corrected chi connectivity index (χ1v) is 19.9. The summed E-state index contributed by atoms with van der Waals surface area (Å²) in [5.74, 6) is 0. The summed E-state index contributed by atoms with van der Waals surface area (Å²) in [6.45, 7) is 0. The second-order valence-corrected chi connectivity index (χ2v) is 15.9. The first-order valence-electron chi connectivity index (χ1n) is 18.2. The minimum absolute atomic E-state index is 1.14. The lowest BCUT2D eigenvalue weighted by molar-refractivity contribution is 1.29. The number of hydrogen-bond donors (Lipinski definition) is 0. The lowest BCUT2D eigenvalue weighted by atomic mass is 10.0. The van der Waals surface area contributed by atoms with Crippen molar-refractivity contribution < 1.29 is 0 Å². The Kier molecular flexibility index (Phi) is 7.25. The molecular formula is C50H32N2S2. The second-order valence-electron chi connectivity index (χ2n) is 13.8. The van der Waals surface area contributed by atoms with Gasteiger partial charge in [0.2, 0.25) is 0 Å². The van der Waals surface area contributed by atoms with Gasteiger partial charge in [-0.05, 0) is 113 Å². The molecule has 0 aliphatic heterocycles. The summed E-state index contributed by atoms with van der Waals surface area (Å²) in [5.41, 5.74) is 6.85. The van der Waals surface area contributed by atoms with Crippen LogP contribution in [0, 0.1) is 0 Å². The van der Waals surface area contributed by atoms with Crippen molar-refractivity contribution in [3.8, 4) is 0 Å². The highest BCUT2D eigenvalue weighted by molar-refractivity contribution is 7.26. The van der Waals surface area contributed by atoms with E-state index in [0.717, 1.165) is 34.1 Å². The molecule has 0 bridgehead atoms. The predicted molar refractivity (Wildman–Crippen MR) is 237 cm³/mol. The van der Waals surface area contributed by atoms with Gasteiger partial charge in [0.05, 0.1) is 0 Å². The molecule has 0 atom stereocenters. The van der Waals surface area contributed by atoms with Crippen molar-refractivity contribution in [1.82, 2.24) is 0 Å². The summed E-state index contributed by atoms with van der Waals surface area (Å²) in [6.07, 6.45) is 0. The Balaban J connectivity index is 1.08. The smallest absolute Gasteiger partial charge is 0.0476 e. The molecule has 254 valence electrons. The van der Waals surface area contributed by atoms with Gasteiger partial charge in [-0.2, -0.15) is 0 Å². The van der Waals surface area contributed by atoms with E-state index in [1.54, 1.807) is 0 Å². The predicted octanol–water partition coefficient (Wildman–Crippen LogP) is 15.7. The average molecular weight is 725 g/mol. The van der Waals surface area contributed by atoms with Crippen LogP contribution in [0.25, 0.3) is 61.9 Å². The monoisotopic (exact) mass is 724 g/mol. The third-order valence-electron chi connectivity index (χ3n) is 10.6. The fourth-order valence-electron chi connectivity index (χ4n) is 8.07. The number of anilines is 6. The Bertz CT molecular complexity index is 3140. The van der Waals surface area contributed by atoms with E-state index >= 15 is 0 Å². The topological polar surface area (TPSA) is 6.48 Å². The van der Waals surface area contributed by atoms with Crippen molar-refractivity contribution in [2.75, 3.05) is 9.80 Å². The van der Waals surface area contributed by atoms with Gasteiger partial charge in [-0.1, -0.05) is 103 Å². The highest BCUT2D eigenvalue weighted by Gasteiger charge is 2.19. The molecule has 2 nitrogen and oxygen atoms in total. The van der Waals surface area contributed by atoms with E-state index in [2.05, 4.69) is 204 Å². The van der Waals surface area contributed by atoms with E-state index in [4.69, 9.17) is 0 Å². The summed E-state index contributed by atoms with van der Waals surface area (Å²) in [4.78, 5) is 4.77. The van der Waals surface area contributed by atoms with Gasteiger partial charge in [0, 0.05) is 74.5 Å². The van der Waals surface area contributed by atoms with E-state index in [-0.39, 0.29) is 0 Å². The third kappa shape index (κ3) is 5.14.